The predicted octanol–water partition coefficient (Wildman–Crippen LogP) is 2.80. The van der Waals surface area contributed by atoms with E-state index in [1.54, 1.807) is 0 Å². The van der Waals surface area contributed by atoms with E-state index in [1.165, 1.54) is 11.1 Å². The predicted molar refractivity (Wildman–Crippen MR) is 51.1 cm³/mol. The summed E-state index contributed by atoms with van der Waals surface area (Å²) in [7, 11) is 0. The molecule has 0 saturated heterocycles. The van der Waals surface area contributed by atoms with Crippen molar-refractivity contribution in [3.8, 4) is 0 Å². The molecule has 0 atom stereocenters. The normalized spacial score (nSPS) is 12.2. The van der Waals surface area contributed by atoms with Gasteiger partial charge in [-0.1, -0.05) is 19.4 Å². The van der Waals surface area contributed by atoms with Gasteiger partial charge in [0.15, 0.2) is 0 Å². The van der Waals surface area contributed by atoms with Gasteiger partial charge < -0.3 is 5.32 Å². The van der Waals surface area contributed by atoms with Crippen molar-refractivity contribution < 1.29 is 18.6 Å². The van der Waals surface area contributed by atoms with E-state index < -0.39 is 0 Å². The second-order valence-corrected chi connectivity index (χ2v) is 2.57. The standard InChI is InChI=1S/C8H9N2.C2H6.V/c1-6-8-5-9-4-7(8)2-3-10-6;1-2;/h2-3H,4-5H2,1H3;1-2H3;/q-1;;. The van der Waals surface area contributed by atoms with Crippen molar-refractivity contribution in [3.63, 3.8) is 0 Å². The van der Waals surface area contributed by atoms with Crippen LogP contribution in [0.2, 0.25) is 0 Å². The van der Waals surface area contributed by atoms with Gasteiger partial charge in [-0.25, -0.2) is 0 Å². The van der Waals surface area contributed by atoms with Crippen LogP contribution in [0, 0.1) is 6.92 Å². The van der Waals surface area contributed by atoms with Gasteiger partial charge in [-0.05, 0) is 18.6 Å². The first-order chi connectivity index (χ1) is 5.88. The molecule has 0 unspecified atom stereocenters. The van der Waals surface area contributed by atoms with Crippen LogP contribution in [0.15, 0.2) is 12.3 Å². The van der Waals surface area contributed by atoms with Gasteiger partial charge in [0.05, 0.1) is 0 Å². The van der Waals surface area contributed by atoms with E-state index in [0.717, 1.165) is 18.8 Å². The molecule has 2 heterocycles. The molecule has 0 N–H and O–H groups in total. The Morgan fingerprint density at radius 1 is 1.31 bits per heavy atom. The zero-order valence-electron chi connectivity index (χ0n) is 8.41. The first-order valence-corrected chi connectivity index (χ1v) is 4.44. The largest absolute Gasteiger partial charge is 0.655 e. The summed E-state index contributed by atoms with van der Waals surface area (Å²) >= 11 is 0. The summed E-state index contributed by atoms with van der Waals surface area (Å²) in [6.07, 6.45) is 1.86. The Bertz CT molecular complexity index is 261. The van der Waals surface area contributed by atoms with Crippen LogP contribution in [0.4, 0.5) is 0 Å². The van der Waals surface area contributed by atoms with Crippen LogP contribution in [0.3, 0.4) is 0 Å². The number of hydrogen-bond acceptors (Lipinski definition) is 1. The minimum Gasteiger partial charge on any atom is -0.655 e. The SMILES string of the molecule is CC.Cc1nccc2c1C[N-]C2.[V]. The third-order valence-electron chi connectivity index (χ3n) is 1.92. The summed E-state index contributed by atoms with van der Waals surface area (Å²) in [6.45, 7) is 7.80. The molecule has 2 rings (SSSR count). The Kier molecular flexibility index (Phi) is 6.05. The smallest absolute Gasteiger partial charge is 0.0389 e. The summed E-state index contributed by atoms with van der Waals surface area (Å²) in [5, 5.41) is 4.27. The van der Waals surface area contributed by atoms with E-state index in [0.29, 0.717) is 0 Å². The van der Waals surface area contributed by atoms with Gasteiger partial charge in [-0.2, -0.15) is 0 Å². The molecule has 0 amide bonds. The zero-order chi connectivity index (χ0) is 8.97. The Labute approximate surface area is 92.0 Å². The van der Waals surface area contributed by atoms with Crippen molar-refractivity contribution >= 4 is 0 Å². The second-order valence-electron chi connectivity index (χ2n) is 2.57. The summed E-state index contributed by atoms with van der Waals surface area (Å²) in [5.74, 6) is 0. The fourth-order valence-electron chi connectivity index (χ4n) is 1.30. The maximum Gasteiger partial charge on any atom is 0.0389 e. The van der Waals surface area contributed by atoms with Gasteiger partial charge in [0, 0.05) is 30.4 Å². The molecule has 1 aliphatic rings. The monoisotopic (exact) mass is 214 g/mol. The van der Waals surface area contributed by atoms with Crippen molar-refractivity contribution in [1.82, 2.24) is 4.98 Å². The molecule has 0 aliphatic carbocycles. The topological polar surface area (TPSA) is 27.0 Å². The average Bonchev–Trinajstić information content (AvgIpc) is 2.57. The van der Waals surface area contributed by atoms with E-state index in [9.17, 15) is 0 Å². The minimum absolute atomic E-state index is 0. The Morgan fingerprint density at radius 3 is 2.62 bits per heavy atom. The first-order valence-electron chi connectivity index (χ1n) is 4.44. The number of rotatable bonds is 0. The zero-order valence-corrected chi connectivity index (χ0v) is 9.81. The van der Waals surface area contributed by atoms with Crippen molar-refractivity contribution in [1.29, 1.82) is 0 Å². The molecule has 0 bridgehead atoms. The average molecular weight is 214 g/mol. The van der Waals surface area contributed by atoms with Gasteiger partial charge in [-0.15, -0.1) is 13.1 Å². The fraction of sp³-hybridized carbons (Fsp3) is 0.500. The summed E-state index contributed by atoms with van der Waals surface area (Å²) < 4.78 is 0. The van der Waals surface area contributed by atoms with Gasteiger partial charge in [-0.3, -0.25) is 4.98 Å². The molecule has 0 spiro atoms. The van der Waals surface area contributed by atoms with Crippen LogP contribution in [0.5, 0.6) is 0 Å². The number of hydrogen-bond donors (Lipinski definition) is 0. The third kappa shape index (κ3) is 2.83. The number of aryl methyl sites for hydroxylation is 1. The van der Waals surface area contributed by atoms with Crippen molar-refractivity contribution in [3.05, 3.63) is 34.4 Å². The van der Waals surface area contributed by atoms with Gasteiger partial charge in [0.1, 0.15) is 0 Å². The number of aromatic nitrogens is 1. The van der Waals surface area contributed by atoms with Crippen molar-refractivity contribution in [2.45, 2.75) is 33.9 Å². The quantitative estimate of drug-likeness (QED) is 0.652. The number of fused-ring (bicyclic) bond motifs is 1. The molecule has 3 heteroatoms. The second kappa shape index (κ2) is 6.19. The van der Waals surface area contributed by atoms with Gasteiger partial charge in [0.25, 0.3) is 0 Å². The summed E-state index contributed by atoms with van der Waals surface area (Å²) in [4.78, 5) is 4.19. The first kappa shape index (κ1) is 12.7. The molecule has 0 aromatic carbocycles. The molecular weight excluding hydrogens is 199 g/mol. The molecule has 13 heavy (non-hydrogen) atoms. The maximum absolute atomic E-state index is 4.27. The molecule has 1 aromatic rings. The molecule has 1 aliphatic heterocycles. The van der Waals surface area contributed by atoms with Crippen molar-refractivity contribution in [2.24, 2.45) is 0 Å². The molecule has 2 nitrogen and oxygen atoms in total. The van der Waals surface area contributed by atoms with E-state index in [2.05, 4.69) is 16.4 Å². The summed E-state index contributed by atoms with van der Waals surface area (Å²) in [5.41, 5.74) is 3.83. The van der Waals surface area contributed by atoms with Crippen LogP contribution in [-0.4, -0.2) is 4.98 Å². The van der Waals surface area contributed by atoms with E-state index in [1.807, 2.05) is 27.0 Å². The third-order valence-corrected chi connectivity index (χ3v) is 1.92. The van der Waals surface area contributed by atoms with E-state index >= 15 is 0 Å². The van der Waals surface area contributed by atoms with Crippen LogP contribution in [0.1, 0.15) is 30.7 Å². The van der Waals surface area contributed by atoms with Gasteiger partial charge in [0.2, 0.25) is 0 Å². The van der Waals surface area contributed by atoms with E-state index in [4.69, 9.17) is 0 Å². The molecule has 71 valence electrons. The van der Waals surface area contributed by atoms with Crippen LogP contribution >= 0.6 is 0 Å². The fourth-order valence-corrected chi connectivity index (χ4v) is 1.30. The van der Waals surface area contributed by atoms with Gasteiger partial charge >= 0.3 is 0 Å². The number of pyridine rings is 1. The van der Waals surface area contributed by atoms with Crippen LogP contribution in [0.25, 0.3) is 5.32 Å². The Balaban J connectivity index is 0.000000451. The molecule has 1 radical (unpaired) electrons. The van der Waals surface area contributed by atoms with Crippen molar-refractivity contribution in [2.75, 3.05) is 0 Å². The summed E-state index contributed by atoms with van der Waals surface area (Å²) in [6, 6.07) is 2.05. The van der Waals surface area contributed by atoms with Crippen LogP contribution in [-0.2, 0) is 31.6 Å². The molecule has 0 saturated carbocycles. The maximum atomic E-state index is 4.27. The van der Waals surface area contributed by atoms with Crippen LogP contribution < -0.4 is 0 Å². The number of nitrogens with zero attached hydrogens (tertiary/aromatic N) is 2. The Hall–Kier alpha value is -0.306. The molecule has 1 aromatic heterocycles. The molecule has 0 fully saturated rings. The Morgan fingerprint density at radius 2 is 2.00 bits per heavy atom. The molecular formula is C10H15N2V-. The van der Waals surface area contributed by atoms with E-state index in [-0.39, 0.29) is 18.6 Å². The minimum atomic E-state index is 0.